The molecule has 0 saturated carbocycles. The molecule has 4 nitrogen and oxygen atoms in total. The lowest BCUT2D eigenvalue weighted by molar-refractivity contribution is 0.786. The Kier molecular flexibility index (Phi) is 1.93. The molecule has 2 heterocycles. The van der Waals surface area contributed by atoms with Crippen molar-refractivity contribution in [3.63, 3.8) is 0 Å². The summed E-state index contributed by atoms with van der Waals surface area (Å²) >= 11 is 0. The highest BCUT2D eigenvalue weighted by atomic mass is 15.3. The standard InChI is InChI=1S/C12H10N4/c1-16-12-10(8-14-16)7-13-11(15-12)9-5-3-2-4-6-9/h2-8H,1H3. The highest BCUT2D eigenvalue weighted by Crippen LogP contribution is 2.16. The first-order valence-corrected chi connectivity index (χ1v) is 5.05. The highest BCUT2D eigenvalue weighted by Gasteiger charge is 2.05. The Morgan fingerprint density at radius 1 is 1.06 bits per heavy atom. The van der Waals surface area contributed by atoms with E-state index in [4.69, 9.17) is 0 Å². The number of aromatic nitrogens is 4. The highest BCUT2D eigenvalue weighted by molar-refractivity contribution is 5.75. The van der Waals surface area contributed by atoms with E-state index in [1.807, 2.05) is 37.4 Å². The largest absolute Gasteiger partial charge is 0.250 e. The van der Waals surface area contributed by atoms with Gasteiger partial charge in [0.1, 0.15) is 0 Å². The number of benzene rings is 1. The minimum absolute atomic E-state index is 0.733. The summed E-state index contributed by atoms with van der Waals surface area (Å²) in [7, 11) is 1.88. The second kappa shape index (κ2) is 3.41. The van der Waals surface area contributed by atoms with Crippen LogP contribution < -0.4 is 0 Å². The number of hydrogen-bond donors (Lipinski definition) is 0. The van der Waals surface area contributed by atoms with E-state index in [0.717, 1.165) is 22.4 Å². The second-order valence-electron chi connectivity index (χ2n) is 3.61. The van der Waals surface area contributed by atoms with Crippen molar-refractivity contribution < 1.29 is 0 Å². The lowest BCUT2D eigenvalue weighted by atomic mass is 10.2. The first-order chi connectivity index (χ1) is 7.84. The zero-order valence-electron chi connectivity index (χ0n) is 8.83. The molecule has 78 valence electrons. The Morgan fingerprint density at radius 2 is 1.88 bits per heavy atom. The van der Waals surface area contributed by atoms with Gasteiger partial charge in [0.25, 0.3) is 0 Å². The van der Waals surface area contributed by atoms with E-state index in [1.165, 1.54) is 0 Å². The molecule has 0 bridgehead atoms. The summed E-state index contributed by atoms with van der Waals surface area (Å²) in [5, 5.41) is 5.11. The Bertz CT molecular complexity index is 628. The molecule has 1 aromatic carbocycles. The summed E-state index contributed by atoms with van der Waals surface area (Å²) in [6.45, 7) is 0. The fourth-order valence-corrected chi connectivity index (χ4v) is 1.66. The molecule has 0 atom stereocenters. The molecule has 0 aliphatic carbocycles. The van der Waals surface area contributed by atoms with Gasteiger partial charge in [0.2, 0.25) is 0 Å². The Labute approximate surface area is 92.6 Å². The third kappa shape index (κ3) is 1.35. The summed E-state index contributed by atoms with van der Waals surface area (Å²) in [5.74, 6) is 0.733. The van der Waals surface area contributed by atoms with E-state index in [-0.39, 0.29) is 0 Å². The van der Waals surface area contributed by atoms with Gasteiger partial charge in [-0.25, -0.2) is 9.97 Å². The van der Waals surface area contributed by atoms with Crippen LogP contribution in [0.3, 0.4) is 0 Å². The zero-order chi connectivity index (χ0) is 11.0. The third-order valence-electron chi connectivity index (χ3n) is 2.50. The van der Waals surface area contributed by atoms with Crippen LogP contribution in [0.25, 0.3) is 22.4 Å². The van der Waals surface area contributed by atoms with E-state index in [0.29, 0.717) is 0 Å². The van der Waals surface area contributed by atoms with Gasteiger partial charge < -0.3 is 0 Å². The number of hydrogen-bond acceptors (Lipinski definition) is 3. The number of nitrogens with zero attached hydrogens (tertiary/aromatic N) is 4. The molecule has 2 aromatic heterocycles. The molecule has 0 unspecified atom stereocenters. The lowest BCUT2D eigenvalue weighted by Gasteiger charge is -1.99. The maximum atomic E-state index is 4.49. The van der Waals surface area contributed by atoms with Crippen LogP contribution in [-0.4, -0.2) is 19.7 Å². The second-order valence-corrected chi connectivity index (χ2v) is 3.61. The average molecular weight is 210 g/mol. The van der Waals surface area contributed by atoms with Crippen LogP contribution in [0, 0.1) is 0 Å². The van der Waals surface area contributed by atoms with E-state index in [1.54, 1.807) is 17.1 Å². The first kappa shape index (κ1) is 9.03. The Hall–Kier alpha value is -2.23. The van der Waals surface area contributed by atoms with Gasteiger partial charge in [0.15, 0.2) is 11.5 Å². The molecule has 0 radical (unpaired) electrons. The van der Waals surface area contributed by atoms with Gasteiger partial charge in [-0.05, 0) is 0 Å². The maximum absolute atomic E-state index is 4.49. The number of fused-ring (bicyclic) bond motifs is 1. The van der Waals surface area contributed by atoms with E-state index < -0.39 is 0 Å². The fraction of sp³-hybridized carbons (Fsp3) is 0.0833. The van der Waals surface area contributed by atoms with Crippen LogP contribution in [0.5, 0.6) is 0 Å². The first-order valence-electron chi connectivity index (χ1n) is 5.05. The quantitative estimate of drug-likeness (QED) is 0.617. The maximum Gasteiger partial charge on any atom is 0.161 e. The SMILES string of the molecule is Cn1ncc2cnc(-c3ccccc3)nc21. The van der Waals surface area contributed by atoms with Crippen molar-refractivity contribution in [3.8, 4) is 11.4 Å². The predicted octanol–water partition coefficient (Wildman–Crippen LogP) is 2.03. The van der Waals surface area contributed by atoms with E-state index in [9.17, 15) is 0 Å². The molecule has 0 amide bonds. The molecule has 3 aromatic rings. The van der Waals surface area contributed by atoms with Crippen molar-refractivity contribution in [2.24, 2.45) is 7.05 Å². The van der Waals surface area contributed by atoms with E-state index in [2.05, 4.69) is 15.1 Å². The molecular weight excluding hydrogens is 200 g/mol. The van der Waals surface area contributed by atoms with Crippen molar-refractivity contribution >= 4 is 11.0 Å². The van der Waals surface area contributed by atoms with Crippen LogP contribution in [0.4, 0.5) is 0 Å². The van der Waals surface area contributed by atoms with Crippen molar-refractivity contribution in [2.75, 3.05) is 0 Å². The topological polar surface area (TPSA) is 43.6 Å². The van der Waals surface area contributed by atoms with Gasteiger partial charge in [0.05, 0.1) is 11.6 Å². The molecule has 0 N–H and O–H groups in total. The Morgan fingerprint density at radius 3 is 2.69 bits per heavy atom. The fourth-order valence-electron chi connectivity index (χ4n) is 1.66. The van der Waals surface area contributed by atoms with Gasteiger partial charge >= 0.3 is 0 Å². The molecular formula is C12H10N4. The van der Waals surface area contributed by atoms with Gasteiger partial charge in [-0.2, -0.15) is 5.10 Å². The van der Waals surface area contributed by atoms with Crippen molar-refractivity contribution in [1.29, 1.82) is 0 Å². The van der Waals surface area contributed by atoms with Gasteiger partial charge in [-0.3, -0.25) is 4.68 Å². The minimum atomic E-state index is 0.733. The molecule has 0 saturated heterocycles. The summed E-state index contributed by atoms with van der Waals surface area (Å²) in [5.41, 5.74) is 1.87. The summed E-state index contributed by atoms with van der Waals surface area (Å²) < 4.78 is 1.75. The summed E-state index contributed by atoms with van der Waals surface area (Å²) in [6.07, 6.45) is 3.57. The van der Waals surface area contributed by atoms with Crippen LogP contribution >= 0.6 is 0 Å². The predicted molar refractivity (Wildman–Crippen MR) is 61.7 cm³/mol. The van der Waals surface area contributed by atoms with Crippen LogP contribution in [0.2, 0.25) is 0 Å². The molecule has 16 heavy (non-hydrogen) atoms. The molecule has 0 spiro atoms. The summed E-state index contributed by atoms with van der Waals surface area (Å²) in [6, 6.07) is 9.93. The van der Waals surface area contributed by atoms with Crippen molar-refractivity contribution in [3.05, 3.63) is 42.7 Å². The molecule has 0 aliphatic rings. The average Bonchev–Trinajstić information content (AvgIpc) is 2.72. The van der Waals surface area contributed by atoms with Gasteiger partial charge in [0, 0.05) is 18.8 Å². The van der Waals surface area contributed by atoms with Crippen molar-refractivity contribution in [2.45, 2.75) is 0 Å². The monoisotopic (exact) mass is 210 g/mol. The Balaban J connectivity index is 2.22. The summed E-state index contributed by atoms with van der Waals surface area (Å²) in [4.78, 5) is 8.82. The van der Waals surface area contributed by atoms with Crippen LogP contribution in [0.15, 0.2) is 42.7 Å². The van der Waals surface area contributed by atoms with E-state index >= 15 is 0 Å². The number of aryl methyl sites for hydroxylation is 1. The smallest absolute Gasteiger partial charge is 0.161 e. The van der Waals surface area contributed by atoms with Gasteiger partial charge in [-0.1, -0.05) is 30.3 Å². The van der Waals surface area contributed by atoms with Gasteiger partial charge in [-0.15, -0.1) is 0 Å². The van der Waals surface area contributed by atoms with Crippen molar-refractivity contribution in [1.82, 2.24) is 19.7 Å². The zero-order valence-corrected chi connectivity index (χ0v) is 8.83. The van der Waals surface area contributed by atoms with Crippen LogP contribution in [0.1, 0.15) is 0 Å². The normalized spacial score (nSPS) is 10.8. The molecule has 0 aliphatic heterocycles. The number of rotatable bonds is 1. The molecule has 4 heteroatoms. The lowest BCUT2D eigenvalue weighted by Crippen LogP contribution is -1.94. The molecule has 0 fully saturated rings. The minimum Gasteiger partial charge on any atom is -0.250 e. The van der Waals surface area contributed by atoms with Crippen LogP contribution in [-0.2, 0) is 7.05 Å². The molecule has 3 rings (SSSR count). The third-order valence-corrected chi connectivity index (χ3v) is 2.50.